The predicted molar refractivity (Wildman–Crippen MR) is 76.1 cm³/mol. The van der Waals surface area contributed by atoms with Crippen LogP contribution in [0, 0.1) is 5.92 Å². The van der Waals surface area contributed by atoms with Crippen LogP contribution in [0.3, 0.4) is 0 Å². The standard InChI is InChI=1S/C12H17Br2NO2/c1-7(2)11(6-16)15-5-8-3-9(13)12(17)10(14)4-8/h3-4,7,11,15-17H,5-6H2,1-2H3. The van der Waals surface area contributed by atoms with E-state index in [0.29, 0.717) is 21.4 Å². The second-order valence-electron chi connectivity index (χ2n) is 4.32. The molecule has 17 heavy (non-hydrogen) atoms. The van der Waals surface area contributed by atoms with Gasteiger partial charge in [-0.2, -0.15) is 0 Å². The van der Waals surface area contributed by atoms with Crippen molar-refractivity contribution in [1.82, 2.24) is 5.32 Å². The largest absolute Gasteiger partial charge is 0.506 e. The van der Waals surface area contributed by atoms with E-state index in [4.69, 9.17) is 0 Å². The number of aromatic hydroxyl groups is 1. The molecule has 0 radical (unpaired) electrons. The minimum Gasteiger partial charge on any atom is -0.506 e. The second-order valence-corrected chi connectivity index (χ2v) is 6.03. The van der Waals surface area contributed by atoms with E-state index in [-0.39, 0.29) is 18.4 Å². The van der Waals surface area contributed by atoms with Crippen molar-refractivity contribution in [2.45, 2.75) is 26.4 Å². The van der Waals surface area contributed by atoms with Crippen LogP contribution in [0.2, 0.25) is 0 Å². The molecule has 0 aromatic heterocycles. The summed E-state index contributed by atoms with van der Waals surface area (Å²) in [4.78, 5) is 0. The number of nitrogens with one attached hydrogen (secondary N) is 1. The zero-order chi connectivity index (χ0) is 13.0. The SMILES string of the molecule is CC(C)C(CO)NCc1cc(Br)c(O)c(Br)c1. The zero-order valence-corrected chi connectivity index (χ0v) is 13.0. The van der Waals surface area contributed by atoms with E-state index in [1.54, 1.807) is 0 Å². The third kappa shape index (κ3) is 4.25. The minimum absolute atomic E-state index is 0.0846. The number of phenolic OH excluding ortho intramolecular Hbond substituents is 1. The molecule has 0 heterocycles. The third-order valence-electron chi connectivity index (χ3n) is 2.65. The summed E-state index contributed by atoms with van der Waals surface area (Å²) in [5.41, 5.74) is 1.04. The molecule has 0 aliphatic rings. The van der Waals surface area contributed by atoms with Gasteiger partial charge in [-0.05, 0) is 55.5 Å². The molecule has 0 spiro atoms. The molecule has 3 nitrogen and oxygen atoms in total. The highest BCUT2D eigenvalue weighted by Gasteiger charge is 2.12. The van der Waals surface area contributed by atoms with Gasteiger partial charge in [-0.1, -0.05) is 13.8 Å². The fourth-order valence-corrected chi connectivity index (χ4v) is 2.76. The Morgan fingerprint density at radius 2 is 1.76 bits per heavy atom. The molecule has 1 aromatic carbocycles. The number of halogens is 2. The fourth-order valence-electron chi connectivity index (χ4n) is 1.48. The molecule has 0 amide bonds. The average Bonchev–Trinajstić information content (AvgIpc) is 2.26. The maximum atomic E-state index is 9.59. The summed E-state index contributed by atoms with van der Waals surface area (Å²) in [6, 6.07) is 3.81. The smallest absolute Gasteiger partial charge is 0.143 e. The zero-order valence-electron chi connectivity index (χ0n) is 9.87. The van der Waals surface area contributed by atoms with Crippen molar-refractivity contribution >= 4 is 31.9 Å². The van der Waals surface area contributed by atoms with Crippen molar-refractivity contribution in [1.29, 1.82) is 0 Å². The molecule has 1 aromatic rings. The highest BCUT2D eigenvalue weighted by Crippen LogP contribution is 2.33. The monoisotopic (exact) mass is 365 g/mol. The topological polar surface area (TPSA) is 52.5 Å². The Bertz CT molecular complexity index is 360. The molecule has 0 aliphatic carbocycles. The average molecular weight is 367 g/mol. The molecule has 3 N–H and O–H groups in total. The fraction of sp³-hybridized carbons (Fsp3) is 0.500. The van der Waals surface area contributed by atoms with Gasteiger partial charge in [-0.3, -0.25) is 0 Å². The molecule has 0 bridgehead atoms. The van der Waals surface area contributed by atoms with Gasteiger partial charge in [0, 0.05) is 12.6 Å². The van der Waals surface area contributed by atoms with E-state index in [2.05, 4.69) is 51.0 Å². The molecule has 0 fully saturated rings. The molecule has 0 aliphatic heterocycles. The van der Waals surface area contributed by atoms with E-state index in [1.165, 1.54) is 0 Å². The van der Waals surface area contributed by atoms with Gasteiger partial charge in [0.05, 0.1) is 15.6 Å². The highest BCUT2D eigenvalue weighted by molar-refractivity contribution is 9.11. The van der Waals surface area contributed by atoms with E-state index in [1.807, 2.05) is 12.1 Å². The van der Waals surface area contributed by atoms with Gasteiger partial charge < -0.3 is 15.5 Å². The van der Waals surface area contributed by atoms with Crippen LogP contribution in [-0.4, -0.2) is 22.9 Å². The Kier molecular flexibility index (Phi) is 5.92. The molecule has 1 rings (SSSR count). The molecule has 1 unspecified atom stereocenters. The molecular weight excluding hydrogens is 350 g/mol. The Morgan fingerprint density at radius 1 is 1.24 bits per heavy atom. The van der Waals surface area contributed by atoms with Gasteiger partial charge in [-0.25, -0.2) is 0 Å². The summed E-state index contributed by atoms with van der Waals surface area (Å²) in [6.45, 7) is 4.91. The molecule has 0 saturated heterocycles. The normalized spacial score (nSPS) is 13.1. The molecule has 5 heteroatoms. The molecule has 96 valence electrons. The Balaban J connectivity index is 2.69. The third-order valence-corrected chi connectivity index (χ3v) is 3.86. The Labute approximate surface area is 118 Å². The molecule has 1 atom stereocenters. The van der Waals surface area contributed by atoms with Crippen LogP contribution in [0.1, 0.15) is 19.4 Å². The van der Waals surface area contributed by atoms with Crippen LogP contribution in [0.5, 0.6) is 5.75 Å². The quantitative estimate of drug-likeness (QED) is 0.750. The van der Waals surface area contributed by atoms with Crippen molar-refractivity contribution in [2.24, 2.45) is 5.92 Å². The summed E-state index contributed by atoms with van der Waals surface area (Å²) in [5, 5.41) is 22.1. The van der Waals surface area contributed by atoms with Crippen molar-refractivity contribution in [2.75, 3.05) is 6.61 Å². The lowest BCUT2D eigenvalue weighted by Crippen LogP contribution is -2.36. The number of hydrogen-bond donors (Lipinski definition) is 3. The number of benzene rings is 1. The Morgan fingerprint density at radius 3 is 2.18 bits per heavy atom. The van der Waals surface area contributed by atoms with E-state index < -0.39 is 0 Å². The van der Waals surface area contributed by atoms with Crippen LogP contribution < -0.4 is 5.32 Å². The number of aliphatic hydroxyl groups is 1. The lowest BCUT2D eigenvalue weighted by Gasteiger charge is -2.20. The van der Waals surface area contributed by atoms with Gasteiger partial charge in [0.25, 0.3) is 0 Å². The lowest BCUT2D eigenvalue weighted by molar-refractivity contribution is 0.210. The van der Waals surface area contributed by atoms with Gasteiger partial charge in [-0.15, -0.1) is 0 Å². The van der Waals surface area contributed by atoms with E-state index >= 15 is 0 Å². The first kappa shape index (κ1) is 15.0. The van der Waals surface area contributed by atoms with Crippen molar-refractivity contribution < 1.29 is 10.2 Å². The summed E-state index contributed by atoms with van der Waals surface area (Å²) in [6.07, 6.45) is 0. The van der Waals surface area contributed by atoms with E-state index in [0.717, 1.165) is 5.56 Å². The highest BCUT2D eigenvalue weighted by atomic mass is 79.9. The first-order valence-electron chi connectivity index (χ1n) is 5.46. The Hall–Kier alpha value is -0.100. The van der Waals surface area contributed by atoms with Crippen LogP contribution in [0.4, 0.5) is 0 Å². The lowest BCUT2D eigenvalue weighted by atomic mass is 10.1. The van der Waals surface area contributed by atoms with Crippen LogP contribution in [0.15, 0.2) is 21.1 Å². The van der Waals surface area contributed by atoms with Gasteiger partial charge in [0.2, 0.25) is 0 Å². The molecule has 0 saturated carbocycles. The van der Waals surface area contributed by atoms with Gasteiger partial charge >= 0.3 is 0 Å². The number of hydrogen-bond acceptors (Lipinski definition) is 3. The maximum Gasteiger partial charge on any atom is 0.143 e. The first-order chi connectivity index (χ1) is 7.95. The summed E-state index contributed by atoms with van der Waals surface area (Å²) < 4.78 is 1.32. The van der Waals surface area contributed by atoms with Gasteiger partial charge in [0.1, 0.15) is 5.75 Å². The van der Waals surface area contributed by atoms with Crippen molar-refractivity contribution in [3.05, 3.63) is 26.6 Å². The van der Waals surface area contributed by atoms with Crippen LogP contribution in [-0.2, 0) is 6.54 Å². The maximum absolute atomic E-state index is 9.59. The first-order valence-corrected chi connectivity index (χ1v) is 7.05. The molecular formula is C12H17Br2NO2. The van der Waals surface area contributed by atoms with Crippen molar-refractivity contribution in [3.63, 3.8) is 0 Å². The number of phenols is 1. The second kappa shape index (κ2) is 6.73. The number of aliphatic hydroxyl groups excluding tert-OH is 1. The van der Waals surface area contributed by atoms with Gasteiger partial charge in [0.15, 0.2) is 0 Å². The van der Waals surface area contributed by atoms with E-state index in [9.17, 15) is 10.2 Å². The predicted octanol–water partition coefficient (Wildman–Crippen LogP) is 3.02. The summed E-state index contributed by atoms with van der Waals surface area (Å²) >= 11 is 6.59. The van der Waals surface area contributed by atoms with Crippen LogP contribution in [0.25, 0.3) is 0 Å². The number of rotatable bonds is 5. The summed E-state index contributed by atoms with van der Waals surface area (Å²) in [5.74, 6) is 0.584. The van der Waals surface area contributed by atoms with Crippen LogP contribution >= 0.6 is 31.9 Å². The minimum atomic E-state index is 0.0846. The van der Waals surface area contributed by atoms with Crippen molar-refractivity contribution in [3.8, 4) is 5.75 Å². The summed E-state index contributed by atoms with van der Waals surface area (Å²) in [7, 11) is 0.